The van der Waals surface area contributed by atoms with Crippen molar-refractivity contribution in [1.82, 2.24) is 5.32 Å². The number of thioether (sulfide) groups is 1. The molecule has 1 amide bonds. The topological polar surface area (TPSA) is 115 Å². The zero-order valence-corrected chi connectivity index (χ0v) is 17.7. The SMILES string of the molecule is Cc1ccc(NC(=O)CSC2=C(C#N)C3(CCCCC3)C(C#N)=C(N)N2)cc1Cl. The van der Waals surface area contributed by atoms with Gasteiger partial charge in [0, 0.05) is 16.1 Å². The van der Waals surface area contributed by atoms with Crippen LogP contribution in [0.2, 0.25) is 5.02 Å². The number of carbonyl (C=O) groups excluding carboxylic acids is 1. The maximum atomic E-state index is 12.4. The Bertz CT molecular complexity index is 980. The maximum Gasteiger partial charge on any atom is 0.234 e. The molecule has 1 heterocycles. The van der Waals surface area contributed by atoms with Crippen molar-refractivity contribution >= 4 is 35.0 Å². The van der Waals surface area contributed by atoms with Gasteiger partial charge in [-0.3, -0.25) is 4.79 Å². The molecule has 1 aliphatic carbocycles. The van der Waals surface area contributed by atoms with E-state index in [2.05, 4.69) is 22.8 Å². The van der Waals surface area contributed by atoms with Gasteiger partial charge in [-0.15, -0.1) is 0 Å². The van der Waals surface area contributed by atoms with Crippen LogP contribution in [0.25, 0.3) is 0 Å². The average molecular weight is 428 g/mol. The van der Waals surface area contributed by atoms with E-state index in [0.717, 1.165) is 37.7 Å². The van der Waals surface area contributed by atoms with Crippen molar-refractivity contribution in [1.29, 1.82) is 10.5 Å². The summed E-state index contributed by atoms with van der Waals surface area (Å²) < 4.78 is 0. The van der Waals surface area contributed by atoms with Gasteiger partial charge in [-0.2, -0.15) is 10.5 Å². The number of allylic oxidation sites excluding steroid dienone is 2. The molecule has 0 radical (unpaired) electrons. The molecule has 0 bridgehead atoms. The molecular weight excluding hydrogens is 406 g/mol. The van der Waals surface area contributed by atoms with Crippen molar-refractivity contribution in [2.45, 2.75) is 39.0 Å². The van der Waals surface area contributed by atoms with Gasteiger partial charge in [0.15, 0.2) is 0 Å². The number of nitrogens with zero attached hydrogens (tertiary/aromatic N) is 2. The number of amides is 1. The average Bonchev–Trinajstić information content (AvgIpc) is 2.70. The summed E-state index contributed by atoms with van der Waals surface area (Å²) in [5, 5.41) is 26.5. The summed E-state index contributed by atoms with van der Waals surface area (Å²) in [5.74, 6) is 0.166. The number of hydrogen-bond acceptors (Lipinski definition) is 6. The molecule has 0 saturated heterocycles. The zero-order valence-electron chi connectivity index (χ0n) is 16.1. The normalized spacial score (nSPS) is 18.1. The highest BCUT2D eigenvalue weighted by Gasteiger charge is 2.45. The number of hydrogen-bond donors (Lipinski definition) is 3. The molecule has 1 fully saturated rings. The van der Waals surface area contributed by atoms with E-state index in [1.165, 1.54) is 11.8 Å². The fourth-order valence-electron chi connectivity index (χ4n) is 3.94. The number of benzene rings is 1. The van der Waals surface area contributed by atoms with Gasteiger partial charge in [-0.05, 0) is 37.5 Å². The monoisotopic (exact) mass is 427 g/mol. The summed E-state index contributed by atoms with van der Waals surface area (Å²) >= 11 is 7.33. The molecule has 0 unspecified atom stereocenters. The largest absolute Gasteiger partial charge is 0.384 e. The number of anilines is 1. The zero-order chi connectivity index (χ0) is 21.0. The minimum Gasteiger partial charge on any atom is -0.384 e. The van der Waals surface area contributed by atoms with E-state index in [1.807, 2.05) is 13.0 Å². The molecule has 0 atom stereocenters. The molecule has 1 aliphatic heterocycles. The van der Waals surface area contributed by atoms with Crippen LogP contribution in [0.3, 0.4) is 0 Å². The fourth-order valence-corrected chi connectivity index (χ4v) is 5.04. The molecule has 4 N–H and O–H groups in total. The third kappa shape index (κ3) is 4.22. The smallest absolute Gasteiger partial charge is 0.234 e. The lowest BCUT2D eigenvalue weighted by Crippen LogP contribution is -2.39. The summed E-state index contributed by atoms with van der Waals surface area (Å²) in [4.78, 5) is 12.4. The first-order chi connectivity index (χ1) is 13.9. The van der Waals surface area contributed by atoms with Gasteiger partial charge in [0.05, 0.1) is 34.1 Å². The lowest BCUT2D eigenvalue weighted by Gasteiger charge is -2.40. The lowest BCUT2D eigenvalue weighted by molar-refractivity contribution is -0.113. The predicted molar refractivity (Wildman–Crippen MR) is 115 cm³/mol. The molecule has 8 heteroatoms. The summed E-state index contributed by atoms with van der Waals surface area (Å²) in [6.45, 7) is 1.89. The van der Waals surface area contributed by atoms with Crippen molar-refractivity contribution in [3.63, 3.8) is 0 Å². The van der Waals surface area contributed by atoms with Gasteiger partial charge in [0.25, 0.3) is 0 Å². The van der Waals surface area contributed by atoms with E-state index in [0.29, 0.717) is 26.9 Å². The Labute approximate surface area is 179 Å². The fraction of sp³-hybridized carbons (Fsp3) is 0.381. The summed E-state index contributed by atoms with van der Waals surface area (Å²) in [5.41, 5.74) is 8.00. The summed E-state index contributed by atoms with van der Waals surface area (Å²) in [7, 11) is 0. The highest BCUT2D eigenvalue weighted by atomic mass is 35.5. The lowest BCUT2D eigenvalue weighted by atomic mass is 9.64. The van der Waals surface area contributed by atoms with Crippen LogP contribution in [0, 0.1) is 35.0 Å². The van der Waals surface area contributed by atoms with Crippen LogP contribution in [0.4, 0.5) is 5.69 Å². The van der Waals surface area contributed by atoms with Gasteiger partial charge in [0.2, 0.25) is 5.91 Å². The van der Waals surface area contributed by atoms with Crippen molar-refractivity contribution in [2.24, 2.45) is 11.1 Å². The maximum absolute atomic E-state index is 12.4. The van der Waals surface area contributed by atoms with Crippen LogP contribution in [0.5, 0.6) is 0 Å². The number of halogens is 1. The van der Waals surface area contributed by atoms with Gasteiger partial charge < -0.3 is 16.4 Å². The summed E-state index contributed by atoms with van der Waals surface area (Å²) in [6, 6.07) is 9.84. The van der Waals surface area contributed by atoms with Gasteiger partial charge >= 0.3 is 0 Å². The van der Waals surface area contributed by atoms with Crippen LogP contribution in [-0.2, 0) is 4.79 Å². The highest BCUT2D eigenvalue weighted by Crippen LogP contribution is 2.51. The minimum atomic E-state index is -0.639. The Morgan fingerprint density at radius 1 is 1.28 bits per heavy atom. The first-order valence-corrected chi connectivity index (χ1v) is 10.8. The van der Waals surface area contributed by atoms with Gasteiger partial charge in [-0.1, -0.05) is 48.7 Å². The third-order valence-electron chi connectivity index (χ3n) is 5.44. The molecule has 150 valence electrons. The first kappa shape index (κ1) is 21.1. The molecular formula is C21H22ClN5OS. The van der Waals surface area contributed by atoms with Crippen molar-refractivity contribution in [3.8, 4) is 12.1 Å². The number of nitriles is 2. The number of rotatable bonds is 4. The second-order valence-electron chi connectivity index (χ2n) is 7.28. The van der Waals surface area contributed by atoms with E-state index in [4.69, 9.17) is 17.3 Å². The van der Waals surface area contributed by atoms with Crippen molar-refractivity contribution < 1.29 is 4.79 Å². The van der Waals surface area contributed by atoms with E-state index in [1.54, 1.807) is 12.1 Å². The van der Waals surface area contributed by atoms with Gasteiger partial charge in [0.1, 0.15) is 5.82 Å². The van der Waals surface area contributed by atoms with E-state index >= 15 is 0 Å². The highest BCUT2D eigenvalue weighted by molar-refractivity contribution is 8.03. The Morgan fingerprint density at radius 2 is 1.97 bits per heavy atom. The van der Waals surface area contributed by atoms with Crippen LogP contribution >= 0.6 is 23.4 Å². The second kappa shape index (κ2) is 8.82. The number of carbonyl (C=O) groups is 1. The van der Waals surface area contributed by atoms with E-state index in [9.17, 15) is 15.3 Å². The van der Waals surface area contributed by atoms with Crippen LogP contribution in [-0.4, -0.2) is 11.7 Å². The number of nitrogens with two attached hydrogens (primary N) is 1. The van der Waals surface area contributed by atoms with Gasteiger partial charge in [-0.25, -0.2) is 0 Å². The molecule has 1 saturated carbocycles. The second-order valence-corrected chi connectivity index (χ2v) is 8.68. The van der Waals surface area contributed by atoms with Crippen LogP contribution in [0.1, 0.15) is 37.7 Å². The molecule has 3 rings (SSSR count). The summed E-state index contributed by atoms with van der Waals surface area (Å²) in [6.07, 6.45) is 4.40. The predicted octanol–water partition coefficient (Wildman–Crippen LogP) is 4.30. The molecule has 6 nitrogen and oxygen atoms in total. The Kier molecular flexibility index (Phi) is 6.42. The third-order valence-corrected chi connectivity index (χ3v) is 6.84. The molecule has 1 spiro atoms. The van der Waals surface area contributed by atoms with E-state index < -0.39 is 5.41 Å². The first-order valence-electron chi connectivity index (χ1n) is 9.42. The van der Waals surface area contributed by atoms with Crippen molar-refractivity contribution in [3.05, 3.63) is 50.8 Å². The van der Waals surface area contributed by atoms with Crippen LogP contribution < -0.4 is 16.4 Å². The quantitative estimate of drug-likeness (QED) is 0.659. The Morgan fingerprint density at radius 3 is 2.59 bits per heavy atom. The van der Waals surface area contributed by atoms with E-state index in [-0.39, 0.29) is 17.5 Å². The van der Waals surface area contributed by atoms with Crippen LogP contribution in [0.15, 0.2) is 40.2 Å². The molecule has 1 aromatic carbocycles. The number of dihydropyridines is 1. The van der Waals surface area contributed by atoms with Crippen molar-refractivity contribution in [2.75, 3.05) is 11.1 Å². The minimum absolute atomic E-state index is 0.101. The Balaban J connectivity index is 1.78. The molecule has 29 heavy (non-hydrogen) atoms. The molecule has 0 aromatic heterocycles. The number of nitrogens with one attached hydrogen (secondary N) is 2. The number of aryl methyl sites for hydroxylation is 1. The Hall–Kier alpha value is -2.61. The molecule has 1 aromatic rings. The standard InChI is InChI=1S/C21H22ClN5OS/c1-13-5-6-14(9-17(13)22)26-18(28)12-29-20-16(11-24)21(7-3-2-4-8-21)15(10-23)19(25)27-20/h5-6,9,27H,2-4,7-8,12,25H2,1H3,(H,26,28). The molecule has 2 aliphatic rings.